The van der Waals surface area contributed by atoms with Crippen LogP contribution in [-0.2, 0) is 16.1 Å². The van der Waals surface area contributed by atoms with E-state index < -0.39 is 5.66 Å². The van der Waals surface area contributed by atoms with Crippen LogP contribution in [0.3, 0.4) is 0 Å². The highest BCUT2D eigenvalue weighted by Gasteiger charge is 2.60. The first-order valence-corrected chi connectivity index (χ1v) is 10.1. The summed E-state index contributed by atoms with van der Waals surface area (Å²) in [5.41, 5.74) is 1.57. The van der Waals surface area contributed by atoms with Crippen molar-refractivity contribution in [1.29, 1.82) is 0 Å². The second kappa shape index (κ2) is 7.78. The van der Waals surface area contributed by atoms with Gasteiger partial charge < -0.3 is 10.2 Å². The molecule has 2 aromatic rings. The summed E-state index contributed by atoms with van der Waals surface area (Å²) in [5, 5.41) is 2.93. The van der Waals surface area contributed by atoms with Crippen LogP contribution in [0.2, 0.25) is 0 Å². The lowest BCUT2D eigenvalue weighted by molar-refractivity contribution is -0.133. The molecule has 6 nitrogen and oxygen atoms in total. The van der Waals surface area contributed by atoms with Crippen molar-refractivity contribution in [2.75, 3.05) is 11.4 Å². The molecule has 30 heavy (non-hydrogen) atoms. The topological polar surface area (TPSA) is 69.7 Å². The minimum atomic E-state index is -1.37. The molecule has 1 saturated heterocycles. The summed E-state index contributed by atoms with van der Waals surface area (Å²) in [5.74, 6) is -0.715. The lowest BCUT2D eigenvalue weighted by atomic mass is 9.94. The largest absolute Gasteiger partial charge is 0.349 e. The van der Waals surface area contributed by atoms with Crippen molar-refractivity contribution in [2.45, 2.75) is 38.9 Å². The van der Waals surface area contributed by atoms with Crippen molar-refractivity contribution in [3.8, 4) is 0 Å². The maximum absolute atomic E-state index is 13.6. The van der Waals surface area contributed by atoms with Gasteiger partial charge in [-0.25, -0.2) is 0 Å². The Morgan fingerprint density at radius 3 is 2.50 bits per heavy atom. The highest BCUT2D eigenvalue weighted by molar-refractivity contribution is 6.16. The number of hydrogen-bond donors (Lipinski definition) is 1. The second-order valence-electron chi connectivity index (χ2n) is 7.93. The summed E-state index contributed by atoms with van der Waals surface area (Å²) in [6.07, 6.45) is 2.39. The van der Waals surface area contributed by atoms with Gasteiger partial charge in [0.2, 0.25) is 11.6 Å². The molecule has 1 fully saturated rings. The van der Waals surface area contributed by atoms with E-state index in [0.29, 0.717) is 17.8 Å². The van der Waals surface area contributed by atoms with Gasteiger partial charge >= 0.3 is 0 Å². The van der Waals surface area contributed by atoms with Gasteiger partial charge in [0.05, 0.1) is 11.3 Å². The van der Waals surface area contributed by atoms with Gasteiger partial charge in [-0.05, 0) is 31.5 Å². The van der Waals surface area contributed by atoms with E-state index >= 15 is 0 Å². The number of allylic oxidation sites excluding steroid dienone is 1. The average molecular weight is 403 g/mol. The number of carbonyl (C=O) groups excluding carboxylic acids is 3. The van der Waals surface area contributed by atoms with E-state index in [1.165, 1.54) is 4.90 Å². The maximum Gasteiger partial charge on any atom is 0.267 e. The van der Waals surface area contributed by atoms with Crippen molar-refractivity contribution in [1.82, 2.24) is 10.2 Å². The number of anilines is 1. The van der Waals surface area contributed by atoms with Crippen LogP contribution in [0, 0.1) is 0 Å². The van der Waals surface area contributed by atoms with Gasteiger partial charge in [-0.2, -0.15) is 0 Å². The number of amides is 3. The van der Waals surface area contributed by atoms with E-state index in [1.807, 2.05) is 50.3 Å². The third-order valence-electron chi connectivity index (χ3n) is 5.69. The molecule has 0 saturated carbocycles. The van der Waals surface area contributed by atoms with E-state index in [9.17, 15) is 14.4 Å². The molecule has 1 unspecified atom stereocenters. The molecule has 0 bridgehead atoms. The van der Waals surface area contributed by atoms with Crippen LogP contribution < -0.4 is 10.2 Å². The molecule has 2 aromatic carbocycles. The predicted octanol–water partition coefficient (Wildman–Crippen LogP) is 3.25. The van der Waals surface area contributed by atoms with Crippen molar-refractivity contribution < 1.29 is 14.4 Å². The van der Waals surface area contributed by atoms with Crippen LogP contribution in [0.15, 0.2) is 66.2 Å². The van der Waals surface area contributed by atoms with Gasteiger partial charge in [0.15, 0.2) is 0 Å². The second-order valence-corrected chi connectivity index (χ2v) is 7.93. The summed E-state index contributed by atoms with van der Waals surface area (Å²) in [6.45, 7) is 4.50. The molecule has 154 valence electrons. The fraction of sp³-hybridized carbons (Fsp3) is 0.292. The van der Waals surface area contributed by atoms with Crippen molar-refractivity contribution >= 4 is 23.4 Å². The summed E-state index contributed by atoms with van der Waals surface area (Å²) in [4.78, 5) is 43.2. The SMILES string of the molecule is CC(C)=CCNC(=O)C12CCC(=O)N1c1ccccc1C(=O)N2Cc1ccccc1. The number of nitrogens with one attached hydrogen (secondary N) is 1. The van der Waals surface area contributed by atoms with Crippen LogP contribution in [-0.4, -0.2) is 34.8 Å². The minimum absolute atomic E-state index is 0.148. The number of benzene rings is 2. The first-order chi connectivity index (χ1) is 14.4. The molecular weight excluding hydrogens is 378 g/mol. The zero-order valence-corrected chi connectivity index (χ0v) is 17.2. The Bertz CT molecular complexity index is 1030. The van der Waals surface area contributed by atoms with Crippen LogP contribution in [0.4, 0.5) is 5.69 Å². The standard InChI is InChI=1S/C24H25N3O3/c1-17(2)13-15-25-23(30)24-14-12-21(28)27(24)20-11-7-6-10-19(20)22(29)26(24)16-18-8-4-3-5-9-18/h3-11,13H,12,14-16H2,1-2H3,(H,25,30). The summed E-state index contributed by atoms with van der Waals surface area (Å²) in [7, 11) is 0. The van der Waals surface area contributed by atoms with Crippen molar-refractivity contribution in [3.05, 3.63) is 77.4 Å². The third-order valence-corrected chi connectivity index (χ3v) is 5.69. The molecule has 2 aliphatic heterocycles. The van der Waals surface area contributed by atoms with Crippen LogP contribution >= 0.6 is 0 Å². The first kappa shape index (κ1) is 19.9. The number of para-hydroxylation sites is 1. The van der Waals surface area contributed by atoms with Crippen LogP contribution in [0.1, 0.15) is 42.6 Å². The fourth-order valence-electron chi connectivity index (χ4n) is 4.26. The Kier molecular flexibility index (Phi) is 5.16. The number of hydrogen-bond acceptors (Lipinski definition) is 3. The van der Waals surface area contributed by atoms with E-state index in [4.69, 9.17) is 0 Å². The van der Waals surface area contributed by atoms with Gasteiger partial charge in [-0.15, -0.1) is 0 Å². The fourth-order valence-corrected chi connectivity index (χ4v) is 4.26. The first-order valence-electron chi connectivity index (χ1n) is 10.1. The molecular formula is C24H25N3O3. The van der Waals surface area contributed by atoms with Crippen LogP contribution in [0.5, 0.6) is 0 Å². The number of nitrogens with zero attached hydrogens (tertiary/aromatic N) is 2. The highest BCUT2D eigenvalue weighted by Crippen LogP contribution is 2.45. The molecule has 1 N–H and O–H groups in total. The smallest absolute Gasteiger partial charge is 0.267 e. The van der Waals surface area contributed by atoms with Crippen molar-refractivity contribution in [2.24, 2.45) is 0 Å². The molecule has 3 amide bonds. The lowest BCUT2D eigenvalue weighted by Gasteiger charge is -2.49. The Balaban J connectivity index is 1.83. The third kappa shape index (κ3) is 3.18. The zero-order chi connectivity index (χ0) is 21.3. The van der Waals surface area contributed by atoms with Crippen LogP contribution in [0.25, 0.3) is 0 Å². The molecule has 0 aliphatic carbocycles. The molecule has 0 radical (unpaired) electrons. The highest BCUT2D eigenvalue weighted by atomic mass is 16.2. The van der Waals surface area contributed by atoms with E-state index in [-0.39, 0.29) is 37.1 Å². The average Bonchev–Trinajstić information content (AvgIpc) is 3.10. The number of rotatable bonds is 5. The van der Waals surface area contributed by atoms with Gasteiger partial charge in [0, 0.05) is 25.9 Å². The van der Waals surface area contributed by atoms with E-state index in [2.05, 4.69) is 5.32 Å². The number of fused-ring (bicyclic) bond motifs is 3. The van der Waals surface area contributed by atoms with Gasteiger partial charge in [0.1, 0.15) is 0 Å². The summed E-state index contributed by atoms with van der Waals surface area (Å²) < 4.78 is 0. The molecule has 0 spiro atoms. The monoisotopic (exact) mass is 403 g/mol. The number of carbonyl (C=O) groups is 3. The summed E-state index contributed by atoms with van der Waals surface area (Å²) in [6, 6.07) is 16.6. The predicted molar refractivity (Wildman–Crippen MR) is 115 cm³/mol. The Labute approximate surface area is 176 Å². The van der Waals surface area contributed by atoms with Gasteiger partial charge in [0.25, 0.3) is 11.8 Å². The summed E-state index contributed by atoms with van der Waals surface area (Å²) >= 11 is 0. The molecule has 2 heterocycles. The van der Waals surface area contributed by atoms with E-state index in [1.54, 1.807) is 29.2 Å². The Morgan fingerprint density at radius 2 is 1.77 bits per heavy atom. The molecule has 1 atom stereocenters. The van der Waals surface area contributed by atoms with Gasteiger partial charge in [-0.1, -0.05) is 54.1 Å². The maximum atomic E-state index is 13.6. The molecule has 6 heteroatoms. The Morgan fingerprint density at radius 1 is 1.07 bits per heavy atom. The zero-order valence-electron chi connectivity index (χ0n) is 17.2. The minimum Gasteiger partial charge on any atom is -0.349 e. The normalized spacial score (nSPS) is 19.9. The lowest BCUT2D eigenvalue weighted by Crippen LogP contribution is -2.70. The molecule has 2 aliphatic rings. The molecule has 4 rings (SSSR count). The molecule has 0 aromatic heterocycles. The van der Waals surface area contributed by atoms with Gasteiger partial charge in [-0.3, -0.25) is 19.3 Å². The Hall–Kier alpha value is -3.41. The van der Waals surface area contributed by atoms with Crippen molar-refractivity contribution in [3.63, 3.8) is 0 Å². The quantitative estimate of drug-likeness (QED) is 0.779. The van der Waals surface area contributed by atoms with E-state index in [0.717, 1.165) is 11.1 Å².